The van der Waals surface area contributed by atoms with Crippen LogP contribution in [0.4, 0.5) is 0 Å². The summed E-state index contributed by atoms with van der Waals surface area (Å²) in [6.07, 6.45) is 4.16. The zero-order valence-electron chi connectivity index (χ0n) is 14.4. The molecule has 1 aromatic rings. The Morgan fingerprint density at radius 1 is 1.25 bits per heavy atom. The van der Waals surface area contributed by atoms with Gasteiger partial charge in [-0.25, -0.2) is 0 Å². The van der Waals surface area contributed by atoms with Gasteiger partial charge in [0.15, 0.2) is 0 Å². The maximum absolute atomic E-state index is 13.1. The van der Waals surface area contributed by atoms with E-state index < -0.39 is 0 Å². The van der Waals surface area contributed by atoms with Crippen molar-refractivity contribution in [2.24, 2.45) is 11.8 Å². The smallest absolute Gasteiger partial charge is 0.228 e. The Balaban J connectivity index is 0.00000208. The molecule has 3 rings (SSSR count). The molecule has 134 valence electrons. The number of likely N-dealkylation sites (tertiary alicyclic amines) is 1. The number of carbonyl (C=O) groups is 1. The molecule has 2 aliphatic rings. The highest BCUT2D eigenvalue weighted by molar-refractivity contribution is 5.85. The molecule has 24 heavy (non-hydrogen) atoms. The maximum atomic E-state index is 13.1. The molecule has 0 radical (unpaired) electrons. The van der Waals surface area contributed by atoms with Gasteiger partial charge >= 0.3 is 0 Å². The second-order valence-electron chi connectivity index (χ2n) is 6.80. The monoisotopic (exact) mass is 352 g/mol. The van der Waals surface area contributed by atoms with Gasteiger partial charge in [-0.05, 0) is 50.8 Å². The molecule has 0 spiro atoms. The van der Waals surface area contributed by atoms with Crippen molar-refractivity contribution in [3.05, 3.63) is 35.9 Å². The topological polar surface area (TPSA) is 41.6 Å². The van der Waals surface area contributed by atoms with Crippen LogP contribution in [0.2, 0.25) is 0 Å². The van der Waals surface area contributed by atoms with Crippen LogP contribution < -0.4 is 5.32 Å². The molecular weight excluding hydrogens is 324 g/mol. The fraction of sp³-hybridized carbons (Fsp3) is 0.632. The van der Waals surface area contributed by atoms with Crippen LogP contribution in [0.15, 0.2) is 30.3 Å². The summed E-state index contributed by atoms with van der Waals surface area (Å²) in [5.74, 6) is 0.844. The highest BCUT2D eigenvalue weighted by atomic mass is 35.5. The quantitative estimate of drug-likeness (QED) is 0.905. The fourth-order valence-corrected chi connectivity index (χ4v) is 3.96. The predicted molar refractivity (Wildman–Crippen MR) is 98.3 cm³/mol. The molecule has 4 nitrogen and oxygen atoms in total. The average molecular weight is 353 g/mol. The van der Waals surface area contributed by atoms with E-state index in [1.54, 1.807) is 0 Å². The Kier molecular flexibility index (Phi) is 7.53. The molecule has 2 saturated heterocycles. The number of ether oxygens (including phenoxy) is 1. The van der Waals surface area contributed by atoms with Gasteiger partial charge in [0.25, 0.3) is 0 Å². The lowest BCUT2D eigenvalue weighted by Gasteiger charge is -2.38. The van der Waals surface area contributed by atoms with Crippen LogP contribution in [-0.2, 0) is 9.53 Å². The summed E-state index contributed by atoms with van der Waals surface area (Å²) in [5, 5.41) is 3.25. The van der Waals surface area contributed by atoms with Crippen molar-refractivity contribution in [2.75, 3.05) is 33.3 Å². The molecule has 5 heteroatoms. The van der Waals surface area contributed by atoms with Crippen LogP contribution in [-0.4, -0.2) is 44.1 Å². The zero-order valence-corrected chi connectivity index (χ0v) is 15.3. The summed E-state index contributed by atoms with van der Waals surface area (Å²) in [6.45, 7) is 3.54. The number of benzene rings is 1. The molecule has 3 unspecified atom stereocenters. The first-order chi connectivity index (χ1) is 11.3. The van der Waals surface area contributed by atoms with Gasteiger partial charge in [0.1, 0.15) is 0 Å². The number of hydrogen-bond donors (Lipinski definition) is 1. The number of halogens is 1. The van der Waals surface area contributed by atoms with Crippen LogP contribution in [0, 0.1) is 11.8 Å². The lowest BCUT2D eigenvalue weighted by atomic mass is 9.87. The molecule has 2 fully saturated rings. The van der Waals surface area contributed by atoms with Crippen LogP contribution in [0.5, 0.6) is 0 Å². The predicted octanol–water partition coefficient (Wildman–Crippen LogP) is 3.03. The summed E-state index contributed by atoms with van der Waals surface area (Å²) in [7, 11) is 1.99. The fourth-order valence-electron chi connectivity index (χ4n) is 3.96. The van der Waals surface area contributed by atoms with E-state index in [9.17, 15) is 4.79 Å². The van der Waals surface area contributed by atoms with Gasteiger partial charge < -0.3 is 15.0 Å². The number of amides is 1. The molecule has 0 aliphatic carbocycles. The van der Waals surface area contributed by atoms with Crippen LogP contribution in [0.3, 0.4) is 0 Å². The van der Waals surface area contributed by atoms with E-state index >= 15 is 0 Å². The first-order valence-corrected chi connectivity index (χ1v) is 8.89. The summed E-state index contributed by atoms with van der Waals surface area (Å²) < 4.78 is 6.00. The van der Waals surface area contributed by atoms with E-state index in [1.165, 1.54) is 6.42 Å². The average Bonchev–Trinajstić information content (AvgIpc) is 2.62. The molecule has 1 N–H and O–H groups in total. The van der Waals surface area contributed by atoms with E-state index in [0.29, 0.717) is 11.8 Å². The van der Waals surface area contributed by atoms with Crippen molar-refractivity contribution in [1.82, 2.24) is 10.2 Å². The molecule has 2 heterocycles. The Morgan fingerprint density at radius 2 is 2.04 bits per heavy atom. The largest absolute Gasteiger partial charge is 0.373 e. The SMILES string of the molecule is CNCC1CCCN(C(=O)C2CCCOC2c2ccccc2)C1.Cl. The van der Waals surface area contributed by atoms with Crippen molar-refractivity contribution in [1.29, 1.82) is 0 Å². The first-order valence-electron chi connectivity index (χ1n) is 8.89. The number of piperidine rings is 1. The van der Waals surface area contributed by atoms with E-state index in [2.05, 4.69) is 22.3 Å². The molecule has 1 aromatic carbocycles. The Hall–Kier alpha value is -1.10. The van der Waals surface area contributed by atoms with Crippen molar-refractivity contribution < 1.29 is 9.53 Å². The Morgan fingerprint density at radius 3 is 2.79 bits per heavy atom. The first kappa shape index (κ1) is 19.2. The molecule has 3 atom stereocenters. The third-order valence-corrected chi connectivity index (χ3v) is 5.09. The van der Waals surface area contributed by atoms with Gasteiger partial charge in [0.2, 0.25) is 5.91 Å². The number of hydrogen-bond acceptors (Lipinski definition) is 3. The minimum absolute atomic E-state index is 0. The number of nitrogens with one attached hydrogen (secondary N) is 1. The van der Waals surface area contributed by atoms with Crippen molar-refractivity contribution >= 4 is 18.3 Å². The number of rotatable bonds is 4. The van der Waals surface area contributed by atoms with Crippen LogP contribution in [0.25, 0.3) is 0 Å². The number of nitrogens with zero attached hydrogens (tertiary/aromatic N) is 1. The van der Waals surface area contributed by atoms with E-state index in [4.69, 9.17) is 4.74 Å². The standard InChI is InChI=1S/C19H28N2O2.ClH/c1-20-13-15-7-5-11-21(14-15)19(22)17-10-6-12-23-18(17)16-8-3-2-4-9-16;/h2-4,8-9,15,17-18,20H,5-7,10-14H2,1H3;1H. The van der Waals surface area contributed by atoms with E-state index in [0.717, 1.165) is 51.1 Å². The minimum Gasteiger partial charge on any atom is -0.373 e. The lowest BCUT2D eigenvalue weighted by molar-refractivity contribution is -0.147. The molecule has 1 amide bonds. The molecular formula is C19H29ClN2O2. The third kappa shape index (κ3) is 4.50. The molecule has 0 saturated carbocycles. The second-order valence-corrected chi connectivity index (χ2v) is 6.80. The zero-order chi connectivity index (χ0) is 16.1. The minimum atomic E-state index is -0.0814. The lowest BCUT2D eigenvalue weighted by Crippen LogP contribution is -2.47. The van der Waals surface area contributed by atoms with Gasteiger partial charge in [-0.15, -0.1) is 12.4 Å². The number of carbonyl (C=O) groups excluding carboxylic acids is 1. The third-order valence-electron chi connectivity index (χ3n) is 5.09. The van der Waals surface area contributed by atoms with Gasteiger partial charge in [-0.1, -0.05) is 30.3 Å². The highest BCUT2D eigenvalue weighted by Gasteiger charge is 2.36. The Bertz CT molecular complexity index is 509. The highest BCUT2D eigenvalue weighted by Crippen LogP contribution is 2.35. The van der Waals surface area contributed by atoms with Crippen LogP contribution >= 0.6 is 12.4 Å². The second kappa shape index (κ2) is 9.40. The van der Waals surface area contributed by atoms with Crippen molar-refractivity contribution in [2.45, 2.75) is 31.8 Å². The molecule has 0 bridgehead atoms. The van der Waals surface area contributed by atoms with Crippen molar-refractivity contribution in [3.63, 3.8) is 0 Å². The normalized spacial score (nSPS) is 27.4. The molecule has 2 aliphatic heterocycles. The summed E-state index contributed by atoms with van der Waals surface area (Å²) in [6, 6.07) is 10.2. The van der Waals surface area contributed by atoms with Gasteiger partial charge in [-0.2, -0.15) is 0 Å². The molecule has 0 aromatic heterocycles. The van der Waals surface area contributed by atoms with E-state index in [1.807, 2.05) is 25.2 Å². The van der Waals surface area contributed by atoms with E-state index in [-0.39, 0.29) is 24.4 Å². The Labute approximate surface area is 151 Å². The van der Waals surface area contributed by atoms with Crippen molar-refractivity contribution in [3.8, 4) is 0 Å². The summed E-state index contributed by atoms with van der Waals surface area (Å²) in [5.41, 5.74) is 1.13. The van der Waals surface area contributed by atoms with Crippen LogP contribution in [0.1, 0.15) is 37.4 Å². The van der Waals surface area contributed by atoms with Gasteiger partial charge in [0.05, 0.1) is 12.0 Å². The maximum Gasteiger partial charge on any atom is 0.228 e. The van der Waals surface area contributed by atoms with Gasteiger partial charge in [-0.3, -0.25) is 4.79 Å². The summed E-state index contributed by atoms with van der Waals surface area (Å²) in [4.78, 5) is 15.2. The van der Waals surface area contributed by atoms with Gasteiger partial charge in [0, 0.05) is 19.7 Å². The summed E-state index contributed by atoms with van der Waals surface area (Å²) >= 11 is 0.